The highest BCUT2D eigenvalue weighted by Gasteiger charge is 2.24. The average molecular weight is 781 g/mol. The first-order valence-electron chi connectivity index (χ1n) is 20.3. The molecule has 60 heavy (non-hydrogen) atoms. The Bertz CT molecular complexity index is 3820. The minimum atomic E-state index is 0.576. The highest BCUT2D eigenvalue weighted by Crippen LogP contribution is 2.46. The molecular weight excluding hydrogens is 749 g/mol. The van der Waals surface area contributed by atoms with Crippen LogP contribution in [0.4, 0.5) is 0 Å². The summed E-state index contributed by atoms with van der Waals surface area (Å²) in [4.78, 5) is 16.2. The van der Waals surface area contributed by atoms with E-state index in [2.05, 4.69) is 199 Å². The van der Waals surface area contributed by atoms with Gasteiger partial charge in [-0.25, -0.2) is 4.98 Å². The van der Waals surface area contributed by atoms with Crippen LogP contribution in [0.5, 0.6) is 0 Å². The number of nitrogens with zero attached hydrogens (tertiary/aromatic N) is 4. The Morgan fingerprint density at radius 2 is 0.867 bits per heavy atom. The van der Waals surface area contributed by atoms with Gasteiger partial charge in [0.25, 0.3) is 0 Å². The Hall–Kier alpha value is -7.73. The zero-order valence-corrected chi connectivity index (χ0v) is 33.0. The van der Waals surface area contributed by atoms with Gasteiger partial charge in [-0.3, -0.25) is 4.57 Å². The SMILES string of the molecule is c1ccc2cc(-c3nc(-c4ccc5ccccc5c4)nc(-n4c5c(-c6ccc7c(c6)sc6ccccc67)cccc5c5c6ccccc6c6ccccc6c54)n3)ccc2c1. The molecule has 0 N–H and O–H groups in total. The van der Waals surface area contributed by atoms with E-state index in [0.717, 1.165) is 54.8 Å². The van der Waals surface area contributed by atoms with Gasteiger partial charge in [0.2, 0.25) is 5.95 Å². The van der Waals surface area contributed by atoms with E-state index in [-0.39, 0.29) is 0 Å². The molecular formula is C55H32N4S. The van der Waals surface area contributed by atoms with Crippen molar-refractivity contribution in [3.63, 3.8) is 0 Å². The minimum Gasteiger partial charge on any atom is -0.277 e. The summed E-state index contributed by atoms with van der Waals surface area (Å²) in [5.41, 5.74) is 6.29. The van der Waals surface area contributed by atoms with Crippen molar-refractivity contribution >= 4 is 96.4 Å². The van der Waals surface area contributed by atoms with Gasteiger partial charge < -0.3 is 0 Å². The molecule has 0 aliphatic rings. The quantitative estimate of drug-likeness (QED) is 0.167. The number of hydrogen-bond acceptors (Lipinski definition) is 4. The molecule has 0 amide bonds. The highest BCUT2D eigenvalue weighted by atomic mass is 32.1. The molecule has 13 aromatic rings. The van der Waals surface area contributed by atoms with E-state index < -0.39 is 0 Å². The van der Waals surface area contributed by atoms with Gasteiger partial charge in [0, 0.05) is 53.0 Å². The van der Waals surface area contributed by atoms with Crippen LogP contribution in [-0.4, -0.2) is 19.5 Å². The standard InChI is InChI=1S/C55H32N4S/c1-3-14-35-30-38(26-24-33(35)12-1)53-56-54(39-27-25-34-13-2-4-15-36(34)31-39)58-55(57-53)59-51-40(37-28-29-44-43-18-9-10-23-48(43)60-49(44)32-37)21-11-22-47(51)50-45-19-7-5-16-41(45)42-17-6-8-20-46(42)52(50)59/h1-32H. The number of aromatic nitrogens is 4. The van der Waals surface area contributed by atoms with Gasteiger partial charge in [0.05, 0.1) is 11.0 Å². The second kappa shape index (κ2) is 12.9. The molecule has 5 heteroatoms. The van der Waals surface area contributed by atoms with Crippen molar-refractivity contribution in [2.24, 2.45) is 0 Å². The Morgan fingerprint density at radius 3 is 1.57 bits per heavy atom. The van der Waals surface area contributed by atoms with Crippen LogP contribution in [0.3, 0.4) is 0 Å². The summed E-state index contributed by atoms with van der Waals surface area (Å²) < 4.78 is 4.89. The van der Waals surface area contributed by atoms with Crippen LogP contribution in [0.25, 0.3) is 125 Å². The first kappa shape index (κ1) is 33.3. The molecule has 0 aliphatic heterocycles. The zero-order valence-electron chi connectivity index (χ0n) is 32.2. The van der Waals surface area contributed by atoms with Crippen molar-refractivity contribution < 1.29 is 0 Å². The van der Waals surface area contributed by atoms with Gasteiger partial charge in [0.1, 0.15) is 0 Å². The van der Waals surface area contributed by atoms with Crippen molar-refractivity contribution in [3.05, 3.63) is 194 Å². The zero-order chi connectivity index (χ0) is 39.3. The predicted octanol–water partition coefficient (Wildman–Crippen LogP) is 15.0. The van der Waals surface area contributed by atoms with E-state index >= 15 is 0 Å². The lowest BCUT2D eigenvalue weighted by atomic mass is 9.96. The number of fused-ring (bicyclic) bond motifs is 13. The number of hydrogen-bond donors (Lipinski definition) is 0. The van der Waals surface area contributed by atoms with E-state index in [1.54, 1.807) is 0 Å². The molecule has 0 bridgehead atoms. The van der Waals surface area contributed by atoms with Crippen molar-refractivity contribution in [1.82, 2.24) is 19.5 Å². The smallest absolute Gasteiger partial charge is 0.238 e. The van der Waals surface area contributed by atoms with Crippen LogP contribution in [0.2, 0.25) is 0 Å². The number of rotatable bonds is 4. The average Bonchev–Trinajstić information content (AvgIpc) is 3.87. The molecule has 3 aromatic heterocycles. The van der Waals surface area contributed by atoms with Crippen LogP contribution in [0, 0.1) is 0 Å². The van der Waals surface area contributed by atoms with E-state index in [0.29, 0.717) is 17.6 Å². The van der Waals surface area contributed by atoms with Crippen LogP contribution < -0.4 is 0 Å². The largest absolute Gasteiger partial charge is 0.277 e. The molecule has 0 spiro atoms. The molecule has 4 nitrogen and oxygen atoms in total. The van der Waals surface area contributed by atoms with Gasteiger partial charge in [-0.2, -0.15) is 9.97 Å². The van der Waals surface area contributed by atoms with Gasteiger partial charge >= 0.3 is 0 Å². The van der Waals surface area contributed by atoms with Crippen LogP contribution >= 0.6 is 11.3 Å². The molecule has 0 saturated heterocycles. The summed E-state index contributed by atoms with van der Waals surface area (Å²) in [7, 11) is 0. The summed E-state index contributed by atoms with van der Waals surface area (Å²) in [6.45, 7) is 0. The summed E-state index contributed by atoms with van der Waals surface area (Å²) in [6, 6.07) is 69.8. The molecule has 10 aromatic carbocycles. The van der Waals surface area contributed by atoms with Crippen molar-refractivity contribution in [1.29, 1.82) is 0 Å². The normalized spacial score (nSPS) is 12.0. The molecule has 0 unspecified atom stereocenters. The van der Waals surface area contributed by atoms with E-state index in [4.69, 9.17) is 15.0 Å². The van der Waals surface area contributed by atoms with Crippen molar-refractivity contribution in [2.45, 2.75) is 0 Å². The second-order valence-corrected chi connectivity index (χ2v) is 16.7. The molecule has 278 valence electrons. The maximum absolute atomic E-state index is 5.48. The fourth-order valence-electron chi connectivity index (χ4n) is 9.43. The number of para-hydroxylation sites is 1. The van der Waals surface area contributed by atoms with Crippen molar-refractivity contribution in [2.75, 3.05) is 0 Å². The Labute approximate surface area is 348 Å². The summed E-state index contributed by atoms with van der Waals surface area (Å²) in [5, 5.41) is 14.3. The van der Waals surface area contributed by atoms with Gasteiger partial charge in [-0.1, -0.05) is 170 Å². The second-order valence-electron chi connectivity index (χ2n) is 15.6. The lowest BCUT2D eigenvalue weighted by molar-refractivity contribution is 0.956. The maximum atomic E-state index is 5.48. The van der Waals surface area contributed by atoms with Crippen LogP contribution in [-0.2, 0) is 0 Å². The van der Waals surface area contributed by atoms with Crippen LogP contribution in [0.15, 0.2) is 194 Å². The Kier molecular flexibility index (Phi) is 7.14. The number of benzene rings is 10. The van der Waals surface area contributed by atoms with E-state index in [1.807, 2.05) is 11.3 Å². The van der Waals surface area contributed by atoms with E-state index in [1.165, 1.54) is 52.5 Å². The highest BCUT2D eigenvalue weighted by molar-refractivity contribution is 7.25. The van der Waals surface area contributed by atoms with Gasteiger partial charge in [0.15, 0.2) is 11.6 Å². The third-order valence-corrected chi connectivity index (χ3v) is 13.3. The van der Waals surface area contributed by atoms with Crippen molar-refractivity contribution in [3.8, 4) is 39.9 Å². The molecule has 0 fully saturated rings. The van der Waals surface area contributed by atoms with Crippen LogP contribution in [0.1, 0.15) is 0 Å². The predicted molar refractivity (Wildman–Crippen MR) is 253 cm³/mol. The fourth-order valence-corrected chi connectivity index (χ4v) is 10.6. The molecule has 3 heterocycles. The first-order chi connectivity index (χ1) is 29.7. The minimum absolute atomic E-state index is 0.576. The maximum Gasteiger partial charge on any atom is 0.238 e. The fraction of sp³-hybridized carbons (Fsp3) is 0. The Balaban J connectivity index is 1.18. The lowest BCUT2D eigenvalue weighted by Crippen LogP contribution is -2.07. The lowest BCUT2D eigenvalue weighted by Gasteiger charge is -2.15. The number of thiophene rings is 1. The van der Waals surface area contributed by atoms with Gasteiger partial charge in [-0.15, -0.1) is 11.3 Å². The Morgan fingerprint density at radius 1 is 0.333 bits per heavy atom. The molecule has 0 aliphatic carbocycles. The molecule has 0 radical (unpaired) electrons. The molecule has 13 rings (SSSR count). The molecule has 0 atom stereocenters. The van der Waals surface area contributed by atoms with E-state index in [9.17, 15) is 0 Å². The third kappa shape index (κ3) is 5.00. The summed E-state index contributed by atoms with van der Waals surface area (Å²) in [6.07, 6.45) is 0. The van der Waals surface area contributed by atoms with Gasteiger partial charge in [-0.05, 0) is 67.5 Å². The summed E-state index contributed by atoms with van der Waals surface area (Å²) in [5.74, 6) is 1.82. The monoisotopic (exact) mass is 780 g/mol. The molecule has 0 saturated carbocycles. The third-order valence-electron chi connectivity index (χ3n) is 12.2. The summed E-state index contributed by atoms with van der Waals surface area (Å²) >= 11 is 1.85. The topological polar surface area (TPSA) is 43.6 Å². The first-order valence-corrected chi connectivity index (χ1v) is 21.1.